The zero-order valence-corrected chi connectivity index (χ0v) is 12.5. The molecule has 0 saturated heterocycles. The summed E-state index contributed by atoms with van der Waals surface area (Å²) in [7, 11) is 0. The molecule has 0 fully saturated rings. The van der Waals surface area contributed by atoms with E-state index >= 15 is 0 Å². The molecule has 0 bridgehead atoms. The highest BCUT2D eigenvalue weighted by Gasteiger charge is 2.23. The first-order chi connectivity index (χ1) is 10.8. The van der Waals surface area contributed by atoms with Crippen molar-refractivity contribution in [2.75, 3.05) is 6.61 Å². The van der Waals surface area contributed by atoms with Crippen LogP contribution in [0.25, 0.3) is 16.7 Å². The Labute approximate surface area is 128 Å². The lowest BCUT2D eigenvalue weighted by Gasteiger charge is -2.13. The SMILES string of the molecule is CCOc1ccc2nnc3c(C#N)c4c(n3c2c1)CCCC4. The fraction of sp³-hybridized carbons (Fsp3) is 0.353. The van der Waals surface area contributed by atoms with Crippen LogP contribution in [0.15, 0.2) is 18.2 Å². The molecule has 0 aliphatic heterocycles. The molecule has 0 saturated carbocycles. The molecule has 0 radical (unpaired) electrons. The van der Waals surface area contributed by atoms with Crippen LogP contribution < -0.4 is 4.74 Å². The lowest BCUT2D eigenvalue weighted by Crippen LogP contribution is -2.05. The van der Waals surface area contributed by atoms with Gasteiger partial charge in [-0.25, -0.2) is 0 Å². The molecule has 0 unspecified atom stereocenters. The average Bonchev–Trinajstić information content (AvgIpc) is 2.89. The van der Waals surface area contributed by atoms with E-state index in [-0.39, 0.29) is 0 Å². The Balaban J connectivity index is 2.12. The van der Waals surface area contributed by atoms with Gasteiger partial charge in [-0.05, 0) is 50.3 Å². The van der Waals surface area contributed by atoms with Gasteiger partial charge < -0.3 is 4.74 Å². The van der Waals surface area contributed by atoms with E-state index in [9.17, 15) is 5.26 Å². The quantitative estimate of drug-likeness (QED) is 0.728. The molecule has 0 atom stereocenters. The Morgan fingerprint density at radius 2 is 2.14 bits per heavy atom. The first-order valence-electron chi connectivity index (χ1n) is 7.69. The number of aromatic nitrogens is 3. The van der Waals surface area contributed by atoms with Gasteiger partial charge in [0.1, 0.15) is 22.9 Å². The van der Waals surface area contributed by atoms with Crippen LogP contribution in [0.4, 0.5) is 0 Å². The monoisotopic (exact) mass is 292 g/mol. The van der Waals surface area contributed by atoms with Gasteiger partial charge in [0.05, 0.1) is 12.1 Å². The summed E-state index contributed by atoms with van der Waals surface area (Å²) in [5.41, 5.74) is 5.52. The zero-order chi connectivity index (χ0) is 15.1. The van der Waals surface area contributed by atoms with Crippen molar-refractivity contribution in [3.8, 4) is 11.8 Å². The maximum Gasteiger partial charge on any atom is 0.178 e. The summed E-state index contributed by atoms with van der Waals surface area (Å²) in [5.74, 6) is 0.820. The van der Waals surface area contributed by atoms with E-state index in [2.05, 4.69) is 20.7 Å². The van der Waals surface area contributed by atoms with E-state index in [0.29, 0.717) is 17.8 Å². The topological polar surface area (TPSA) is 63.2 Å². The molecule has 0 spiro atoms. The van der Waals surface area contributed by atoms with Crippen molar-refractivity contribution in [3.05, 3.63) is 35.0 Å². The van der Waals surface area contributed by atoms with Crippen LogP contribution in [-0.4, -0.2) is 21.2 Å². The van der Waals surface area contributed by atoms with E-state index in [0.717, 1.165) is 48.0 Å². The normalized spacial score (nSPS) is 14.0. The van der Waals surface area contributed by atoms with Gasteiger partial charge in [-0.15, -0.1) is 10.2 Å². The molecular formula is C17H16N4O. The zero-order valence-electron chi connectivity index (χ0n) is 12.5. The van der Waals surface area contributed by atoms with Crippen molar-refractivity contribution in [2.45, 2.75) is 32.6 Å². The van der Waals surface area contributed by atoms with Crippen LogP contribution in [0.5, 0.6) is 5.75 Å². The molecule has 2 aromatic heterocycles. The van der Waals surface area contributed by atoms with Crippen molar-refractivity contribution in [2.24, 2.45) is 0 Å². The second-order valence-electron chi connectivity index (χ2n) is 5.56. The Morgan fingerprint density at radius 3 is 2.95 bits per heavy atom. The number of hydrogen-bond donors (Lipinski definition) is 0. The predicted octanol–water partition coefficient (Wildman–Crippen LogP) is 3.03. The minimum absolute atomic E-state index is 0.625. The molecule has 5 nitrogen and oxygen atoms in total. The fourth-order valence-electron chi connectivity index (χ4n) is 3.38. The number of nitriles is 1. The lowest BCUT2D eigenvalue weighted by molar-refractivity contribution is 0.340. The molecule has 1 aliphatic carbocycles. The van der Waals surface area contributed by atoms with Crippen LogP contribution in [-0.2, 0) is 12.8 Å². The van der Waals surface area contributed by atoms with Crippen LogP contribution in [0.2, 0.25) is 0 Å². The summed E-state index contributed by atoms with van der Waals surface area (Å²) in [6.07, 6.45) is 4.22. The van der Waals surface area contributed by atoms with Crippen molar-refractivity contribution >= 4 is 16.7 Å². The Kier molecular flexibility index (Phi) is 2.97. The number of nitrogens with zero attached hydrogens (tertiary/aromatic N) is 4. The molecule has 0 N–H and O–H groups in total. The largest absolute Gasteiger partial charge is 0.494 e. The van der Waals surface area contributed by atoms with E-state index in [4.69, 9.17) is 4.74 Å². The van der Waals surface area contributed by atoms with Crippen molar-refractivity contribution in [1.29, 1.82) is 5.26 Å². The van der Waals surface area contributed by atoms with Crippen molar-refractivity contribution in [3.63, 3.8) is 0 Å². The minimum Gasteiger partial charge on any atom is -0.494 e. The summed E-state index contributed by atoms with van der Waals surface area (Å²) >= 11 is 0. The summed E-state index contributed by atoms with van der Waals surface area (Å²) in [6.45, 7) is 2.59. The molecule has 22 heavy (non-hydrogen) atoms. The highest BCUT2D eigenvalue weighted by atomic mass is 16.5. The van der Waals surface area contributed by atoms with Gasteiger partial charge in [-0.3, -0.25) is 4.40 Å². The van der Waals surface area contributed by atoms with Gasteiger partial charge in [0, 0.05) is 11.8 Å². The molecule has 3 aromatic rings. The molecule has 1 aromatic carbocycles. The molecule has 110 valence electrons. The maximum atomic E-state index is 9.54. The minimum atomic E-state index is 0.625. The van der Waals surface area contributed by atoms with Crippen LogP contribution in [0.1, 0.15) is 36.6 Å². The van der Waals surface area contributed by atoms with E-state index in [1.54, 1.807) is 0 Å². The van der Waals surface area contributed by atoms with E-state index < -0.39 is 0 Å². The maximum absolute atomic E-state index is 9.54. The molecule has 2 heterocycles. The summed E-state index contributed by atoms with van der Waals surface area (Å²) in [4.78, 5) is 0. The fourth-order valence-corrected chi connectivity index (χ4v) is 3.38. The standard InChI is InChI=1S/C17H16N4O/c1-2-22-11-7-8-14-16(9-11)21-15-6-4-3-5-12(15)13(10-18)17(21)20-19-14/h7-9H,2-6H2,1H3. The Morgan fingerprint density at radius 1 is 1.27 bits per heavy atom. The van der Waals surface area contributed by atoms with Crippen molar-refractivity contribution < 1.29 is 4.74 Å². The first kappa shape index (κ1) is 13.1. The lowest BCUT2D eigenvalue weighted by atomic mass is 9.95. The highest BCUT2D eigenvalue weighted by Crippen LogP contribution is 2.32. The third kappa shape index (κ3) is 1.77. The second-order valence-corrected chi connectivity index (χ2v) is 5.56. The summed E-state index contributed by atoms with van der Waals surface area (Å²) in [5, 5.41) is 18.1. The number of hydrogen-bond acceptors (Lipinski definition) is 4. The van der Waals surface area contributed by atoms with Crippen LogP contribution in [0, 0.1) is 11.3 Å². The van der Waals surface area contributed by atoms with Crippen molar-refractivity contribution in [1.82, 2.24) is 14.6 Å². The Bertz CT molecular complexity index is 920. The Hall–Kier alpha value is -2.61. The third-order valence-electron chi connectivity index (χ3n) is 4.31. The van der Waals surface area contributed by atoms with Gasteiger partial charge in [0.2, 0.25) is 0 Å². The van der Waals surface area contributed by atoms with Gasteiger partial charge in [-0.2, -0.15) is 5.26 Å². The number of benzene rings is 1. The van der Waals surface area contributed by atoms with Gasteiger partial charge in [-0.1, -0.05) is 0 Å². The summed E-state index contributed by atoms with van der Waals surface area (Å²) < 4.78 is 7.72. The molecule has 0 amide bonds. The van der Waals surface area contributed by atoms with E-state index in [1.165, 1.54) is 5.69 Å². The molecular weight excluding hydrogens is 276 g/mol. The highest BCUT2D eigenvalue weighted by molar-refractivity contribution is 5.81. The predicted molar refractivity (Wildman–Crippen MR) is 83.0 cm³/mol. The number of fused-ring (bicyclic) bond motifs is 5. The summed E-state index contributed by atoms with van der Waals surface area (Å²) in [6, 6.07) is 8.16. The molecule has 1 aliphatic rings. The smallest absolute Gasteiger partial charge is 0.178 e. The number of rotatable bonds is 2. The van der Waals surface area contributed by atoms with Gasteiger partial charge in [0.15, 0.2) is 5.65 Å². The average molecular weight is 292 g/mol. The van der Waals surface area contributed by atoms with Crippen LogP contribution >= 0.6 is 0 Å². The number of aryl methyl sites for hydroxylation is 1. The first-order valence-corrected chi connectivity index (χ1v) is 7.69. The third-order valence-corrected chi connectivity index (χ3v) is 4.31. The second kappa shape index (κ2) is 4.99. The molecule has 5 heteroatoms. The number of ether oxygens (including phenoxy) is 1. The van der Waals surface area contributed by atoms with Gasteiger partial charge >= 0.3 is 0 Å². The van der Waals surface area contributed by atoms with E-state index in [1.807, 2.05) is 25.1 Å². The van der Waals surface area contributed by atoms with Gasteiger partial charge in [0.25, 0.3) is 0 Å². The molecule has 4 rings (SSSR count). The van der Waals surface area contributed by atoms with Crippen LogP contribution in [0.3, 0.4) is 0 Å².